The Morgan fingerprint density at radius 2 is 1.87 bits per heavy atom. The monoisotopic (exact) mass is 425 g/mol. The van der Waals surface area contributed by atoms with Gasteiger partial charge in [0, 0.05) is 24.8 Å². The molecule has 6 aliphatic rings. The van der Waals surface area contributed by atoms with Crippen molar-refractivity contribution in [3.63, 3.8) is 0 Å². The lowest BCUT2D eigenvalue weighted by Gasteiger charge is -2.60. The van der Waals surface area contributed by atoms with E-state index in [9.17, 15) is 5.11 Å². The van der Waals surface area contributed by atoms with Crippen LogP contribution < -0.4 is 0 Å². The van der Waals surface area contributed by atoms with Crippen LogP contribution in [0.3, 0.4) is 0 Å². The highest BCUT2D eigenvalue weighted by Gasteiger charge is 2.69. The van der Waals surface area contributed by atoms with E-state index in [1.54, 1.807) is 0 Å². The molecule has 7 nitrogen and oxygen atoms in total. The van der Waals surface area contributed by atoms with Crippen molar-refractivity contribution < 1.29 is 29.1 Å². The molecule has 172 valence electrons. The van der Waals surface area contributed by atoms with Crippen molar-refractivity contribution in [2.24, 2.45) is 23.7 Å². The van der Waals surface area contributed by atoms with E-state index >= 15 is 0 Å². The molecule has 6 fully saturated rings. The molecule has 5 saturated heterocycles. The summed E-state index contributed by atoms with van der Waals surface area (Å²) in [4.78, 5) is 14.4. The number of rotatable bonds is 5. The highest BCUT2D eigenvalue weighted by Crippen LogP contribution is 2.60. The highest BCUT2D eigenvalue weighted by molar-refractivity contribution is 5.09. The third-order valence-corrected chi connectivity index (χ3v) is 8.47. The second kappa shape index (κ2) is 8.25. The van der Waals surface area contributed by atoms with Crippen molar-refractivity contribution in [2.75, 3.05) is 26.2 Å². The van der Waals surface area contributed by atoms with Crippen molar-refractivity contribution in [1.82, 2.24) is 4.90 Å². The van der Waals surface area contributed by atoms with Crippen molar-refractivity contribution in [3.05, 3.63) is 0 Å². The zero-order valence-corrected chi connectivity index (χ0v) is 18.8. The molecule has 1 saturated carbocycles. The topological polar surface area (TPSA) is 69.6 Å². The highest BCUT2D eigenvalue weighted by atomic mass is 17.3. The van der Waals surface area contributed by atoms with Crippen LogP contribution in [-0.2, 0) is 24.0 Å². The van der Waals surface area contributed by atoms with Crippen LogP contribution in [0.5, 0.6) is 0 Å². The van der Waals surface area contributed by atoms with Crippen molar-refractivity contribution in [1.29, 1.82) is 0 Å². The van der Waals surface area contributed by atoms with Crippen molar-refractivity contribution in [2.45, 2.75) is 95.8 Å². The van der Waals surface area contributed by atoms with Gasteiger partial charge in [-0.25, -0.2) is 9.78 Å². The number of ether oxygens (including phenoxy) is 3. The molecule has 0 aromatic heterocycles. The summed E-state index contributed by atoms with van der Waals surface area (Å²) in [6.45, 7) is 9.55. The van der Waals surface area contributed by atoms with Crippen LogP contribution in [0, 0.1) is 23.7 Å². The fourth-order valence-corrected chi connectivity index (χ4v) is 6.76. The number of β-amino-alcohol motifs (C(OH)–C–C–N with tert-alkyl or cyclic N) is 1. The van der Waals surface area contributed by atoms with E-state index in [0.29, 0.717) is 18.4 Å². The Kier molecular flexibility index (Phi) is 5.93. The molecule has 0 amide bonds. The number of piperidine rings is 1. The number of likely N-dealkylation sites (tertiary alicyclic amines) is 1. The molecular weight excluding hydrogens is 386 g/mol. The van der Waals surface area contributed by atoms with Crippen LogP contribution in [0.15, 0.2) is 0 Å². The van der Waals surface area contributed by atoms with Gasteiger partial charge in [0.05, 0.1) is 12.7 Å². The first-order valence-electron chi connectivity index (χ1n) is 12.1. The van der Waals surface area contributed by atoms with Gasteiger partial charge >= 0.3 is 0 Å². The third kappa shape index (κ3) is 3.64. The number of aliphatic hydroxyl groups is 1. The van der Waals surface area contributed by atoms with Crippen molar-refractivity contribution in [3.8, 4) is 0 Å². The molecule has 30 heavy (non-hydrogen) atoms. The summed E-state index contributed by atoms with van der Waals surface area (Å²) < 4.78 is 19.0. The molecule has 1 N–H and O–H groups in total. The molecule has 0 aromatic rings. The van der Waals surface area contributed by atoms with Crippen LogP contribution in [0.4, 0.5) is 0 Å². The summed E-state index contributed by atoms with van der Waals surface area (Å²) in [5.74, 6) is 0.545. The zero-order valence-electron chi connectivity index (χ0n) is 18.8. The summed E-state index contributed by atoms with van der Waals surface area (Å²) >= 11 is 0. The number of aliphatic hydroxyl groups excluding tert-OH is 1. The smallest absolute Gasteiger partial charge is 0.201 e. The Morgan fingerprint density at radius 3 is 2.67 bits per heavy atom. The van der Waals surface area contributed by atoms with E-state index in [-0.39, 0.29) is 18.4 Å². The maximum absolute atomic E-state index is 10.6. The Bertz CT molecular complexity index is 615. The quantitative estimate of drug-likeness (QED) is 0.679. The Balaban J connectivity index is 1.28. The summed E-state index contributed by atoms with van der Waals surface area (Å²) in [5.41, 5.74) is -0.556. The number of hydrogen-bond donors (Lipinski definition) is 1. The summed E-state index contributed by atoms with van der Waals surface area (Å²) in [6.07, 6.45) is 6.42. The molecule has 1 aliphatic carbocycles. The van der Waals surface area contributed by atoms with Gasteiger partial charge in [-0.3, -0.25) is 0 Å². The maximum Gasteiger partial charge on any atom is 0.201 e. The van der Waals surface area contributed by atoms with Crippen LogP contribution in [0.25, 0.3) is 0 Å². The van der Waals surface area contributed by atoms with Crippen LogP contribution in [-0.4, -0.2) is 66.3 Å². The second-order valence-electron chi connectivity index (χ2n) is 10.6. The average molecular weight is 426 g/mol. The average Bonchev–Trinajstić information content (AvgIpc) is 2.96. The Morgan fingerprint density at radius 1 is 1.07 bits per heavy atom. The predicted molar refractivity (Wildman–Crippen MR) is 109 cm³/mol. The van der Waals surface area contributed by atoms with E-state index in [4.69, 9.17) is 24.0 Å². The van der Waals surface area contributed by atoms with Crippen molar-refractivity contribution >= 4 is 0 Å². The van der Waals surface area contributed by atoms with Gasteiger partial charge in [-0.1, -0.05) is 20.3 Å². The molecule has 0 radical (unpaired) electrons. The Labute approximate surface area is 180 Å². The van der Waals surface area contributed by atoms with E-state index < -0.39 is 30.1 Å². The second-order valence-corrected chi connectivity index (χ2v) is 10.6. The number of fused-ring (bicyclic) bond motifs is 2. The molecular formula is C23H39NO6. The molecule has 2 bridgehead atoms. The lowest BCUT2D eigenvalue weighted by molar-refractivity contribution is -0.577. The minimum atomic E-state index is -0.767. The van der Waals surface area contributed by atoms with E-state index in [2.05, 4.69) is 18.7 Å². The largest absolute Gasteiger partial charge is 0.389 e. The van der Waals surface area contributed by atoms with E-state index in [0.717, 1.165) is 32.4 Å². The molecule has 5 heterocycles. The number of nitrogens with zero attached hydrogens (tertiary/aromatic N) is 1. The first-order valence-corrected chi connectivity index (χ1v) is 12.1. The maximum atomic E-state index is 10.6. The minimum Gasteiger partial charge on any atom is -0.389 e. The standard InChI is InChI=1S/C23H39NO6/c1-15-7-8-19-16(2)20(26-14-17(25)13-24-11-5-4-6-12-24)27-21-23(19)18(15)9-10-22(3,28-21)29-30-23/h15-21,25H,4-14H2,1-3H3/t15-,16-,17?,18+,19+,20?,21-,22+,23-/m1/s1. The normalized spacial score (nSPS) is 50.0. The van der Waals surface area contributed by atoms with E-state index in [1.807, 2.05) is 6.92 Å². The zero-order chi connectivity index (χ0) is 20.9. The fraction of sp³-hybridized carbons (Fsp3) is 1.00. The van der Waals surface area contributed by atoms with Gasteiger partial charge in [0.2, 0.25) is 5.79 Å². The molecule has 0 aromatic carbocycles. The lowest BCUT2D eigenvalue weighted by Crippen LogP contribution is -2.70. The van der Waals surface area contributed by atoms with Gasteiger partial charge in [-0.05, 0) is 64.0 Å². The van der Waals surface area contributed by atoms with Gasteiger partial charge in [0.25, 0.3) is 0 Å². The van der Waals surface area contributed by atoms with Gasteiger partial charge in [-0.15, -0.1) is 0 Å². The van der Waals surface area contributed by atoms with Gasteiger partial charge in [-0.2, -0.15) is 0 Å². The summed E-state index contributed by atoms with van der Waals surface area (Å²) in [7, 11) is 0. The van der Waals surface area contributed by atoms with Gasteiger partial charge in [0.1, 0.15) is 0 Å². The lowest BCUT2D eigenvalue weighted by atomic mass is 9.58. The molecule has 1 spiro atoms. The fourth-order valence-electron chi connectivity index (χ4n) is 6.76. The first kappa shape index (κ1) is 21.6. The Hall–Kier alpha value is -0.280. The summed E-state index contributed by atoms with van der Waals surface area (Å²) in [6, 6.07) is 0. The van der Waals surface area contributed by atoms with Crippen LogP contribution >= 0.6 is 0 Å². The molecule has 7 heteroatoms. The summed E-state index contributed by atoms with van der Waals surface area (Å²) in [5, 5.41) is 10.6. The molecule has 6 rings (SSSR count). The van der Waals surface area contributed by atoms with Crippen LogP contribution in [0.2, 0.25) is 0 Å². The van der Waals surface area contributed by atoms with Gasteiger partial charge < -0.3 is 24.2 Å². The van der Waals surface area contributed by atoms with Gasteiger partial charge in [0.15, 0.2) is 18.2 Å². The predicted octanol–water partition coefficient (Wildman–Crippen LogP) is 3.06. The minimum absolute atomic E-state index is 0.146. The third-order valence-electron chi connectivity index (χ3n) is 8.47. The van der Waals surface area contributed by atoms with E-state index in [1.165, 1.54) is 25.7 Å². The molecule has 9 atom stereocenters. The number of hydrogen-bond acceptors (Lipinski definition) is 7. The molecule has 2 unspecified atom stereocenters. The SMILES string of the molecule is C[C@@H]1CC[C@H]2[C@@H](C)C(OCC(O)CN3CCCCC3)O[C@@H]3O[C@]4(C)CC[C@@H]1[C@]32OO4. The molecule has 5 aliphatic heterocycles. The van der Waals surface area contributed by atoms with Crippen LogP contribution in [0.1, 0.15) is 65.7 Å². The first-order chi connectivity index (χ1) is 14.4.